The zero-order valence-electron chi connectivity index (χ0n) is 20.6. The number of rotatable bonds is 10. The topological polar surface area (TPSA) is 140 Å². The maximum absolute atomic E-state index is 14.8. The first-order valence-electron chi connectivity index (χ1n) is 11.7. The second-order valence-electron chi connectivity index (χ2n) is 8.60. The van der Waals surface area contributed by atoms with E-state index in [0.29, 0.717) is 16.7 Å². The highest BCUT2D eigenvalue weighted by Gasteiger charge is 2.21. The van der Waals surface area contributed by atoms with Crippen molar-refractivity contribution in [3.8, 4) is 5.69 Å². The highest BCUT2D eigenvalue weighted by molar-refractivity contribution is 6.31. The maximum Gasteiger partial charge on any atom is 0.247 e. The van der Waals surface area contributed by atoms with Crippen LogP contribution in [0.5, 0.6) is 0 Å². The van der Waals surface area contributed by atoms with Crippen LogP contribution in [0.2, 0.25) is 5.02 Å². The van der Waals surface area contributed by atoms with Gasteiger partial charge in [0.1, 0.15) is 6.33 Å². The molecule has 0 bridgehead atoms. The number of nitrogens with one attached hydrogen (secondary N) is 2. The summed E-state index contributed by atoms with van der Waals surface area (Å²) in [4.78, 5) is 51.7. The monoisotopic (exact) mass is 548 g/mol. The zero-order valence-corrected chi connectivity index (χ0v) is 21.4. The first kappa shape index (κ1) is 27.3. The Morgan fingerprint density at radius 3 is 2.49 bits per heavy atom. The molecule has 10 nitrogen and oxygen atoms in total. The maximum atomic E-state index is 14.8. The van der Waals surface area contributed by atoms with Gasteiger partial charge in [0.25, 0.3) is 0 Å². The van der Waals surface area contributed by atoms with Crippen molar-refractivity contribution in [2.75, 3.05) is 0 Å². The van der Waals surface area contributed by atoms with E-state index in [2.05, 4.69) is 25.8 Å². The van der Waals surface area contributed by atoms with Crippen molar-refractivity contribution < 1.29 is 18.8 Å². The first-order chi connectivity index (χ1) is 18.7. The van der Waals surface area contributed by atoms with E-state index < -0.39 is 17.8 Å². The number of nitrogens with zero attached hydrogens (tertiary/aromatic N) is 4. The largest absolute Gasteiger partial charge is 0.342 e. The molecule has 2 N–H and O–H groups in total. The van der Waals surface area contributed by atoms with Crippen LogP contribution >= 0.6 is 11.6 Å². The molecule has 198 valence electrons. The lowest BCUT2D eigenvalue weighted by Gasteiger charge is -2.17. The summed E-state index contributed by atoms with van der Waals surface area (Å²) in [6.45, 7) is 1.45. The van der Waals surface area contributed by atoms with Crippen LogP contribution in [0.25, 0.3) is 11.8 Å². The predicted octanol–water partition coefficient (Wildman–Crippen LogP) is 2.90. The Hall–Kier alpha value is -4.77. The van der Waals surface area contributed by atoms with Gasteiger partial charge in [-0.15, -0.1) is 5.10 Å². The third kappa shape index (κ3) is 6.96. The van der Waals surface area contributed by atoms with E-state index in [1.54, 1.807) is 30.3 Å². The fraction of sp³-hybridized carbons (Fsp3) is 0.148. The van der Waals surface area contributed by atoms with Crippen LogP contribution in [-0.4, -0.2) is 48.7 Å². The Labute approximate surface area is 226 Å². The van der Waals surface area contributed by atoms with E-state index >= 15 is 0 Å². The molecule has 0 fully saturated rings. The molecule has 4 aromatic rings. The molecular formula is C27H22ClFN6O4. The van der Waals surface area contributed by atoms with Crippen LogP contribution < -0.4 is 10.9 Å². The molecule has 2 aromatic carbocycles. The molecule has 12 heteroatoms. The number of hydrogen-bond acceptors (Lipinski definition) is 7. The van der Waals surface area contributed by atoms with Gasteiger partial charge in [0.2, 0.25) is 11.5 Å². The highest BCUT2D eigenvalue weighted by Crippen LogP contribution is 2.25. The molecule has 0 unspecified atom stereocenters. The number of carbonyl (C=O) groups excluding carboxylic acids is 3. The van der Waals surface area contributed by atoms with E-state index in [1.807, 2.05) is 0 Å². The molecule has 2 aromatic heterocycles. The number of H-pyrrole nitrogens is 1. The molecule has 0 aliphatic rings. The normalized spacial score (nSPS) is 11.9. The smallest absolute Gasteiger partial charge is 0.247 e. The van der Waals surface area contributed by atoms with Crippen molar-refractivity contribution in [2.24, 2.45) is 0 Å². The highest BCUT2D eigenvalue weighted by atomic mass is 35.5. The minimum Gasteiger partial charge on any atom is -0.342 e. The number of aromatic nitrogens is 5. The Kier molecular flexibility index (Phi) is 8.52. The lowest BCUT2D eigenvalue weighted by molar-refractivity contribution is -0.125. The summed E-state index contributed by atoms with van der Waals surface area (Å²) in [6.07, 6.45) is 5.12. The van der Waals surface area contributed by atoms with Gasteiger partial charge in [0.15, 0.2) is 17.4 Å². The number of Topliss-reactive ketones (excluding diaryl/α,β-unsaturated/α-hetero) is 2. The fourth-order valence-corrected chi connectivity index (χ4v) is 3.96. The van der Waals surface area contributed by atoms with Gasteiger partial charge in [-0.3, -0.25) is 19.2 Å². The number of tetrazole rings is 1. The zero-order chi connectivity index (χ0) is 27.9. The molecule has 0 saturated carbocycles. The van der Waals surface area contributed by atoms with E-state index in [-0.39, 0.29) is 46.2 Å². The number of ketones is 2. The average Bonchev–Trinajstić information content (AvgIpc) is 3.45. The van der Waals surface area contributed by atoms with Crippen molar-refractivity contribution in [1.29, 1.82) is 0 Å². The average molecular weight is 549 g/mol. The fourth-order valence-electron chi connectivity index (χ4n) is 3.80. The summed E-state index contributed by atoms with van der Waals surface area (Å²) in [5.74, 6) is -1.83. The van der Waals surface area contributed by atoms with Gasteiger partial charge in [-0.2, -0.15) is 4.68 Å². The number of pyridine rings is 1. The van der Waals surface area contributed by atoms with E-state index in [1.165, 1.54) is 48.4 Å². The molecule has 0 aliphatic carbocycles. The van der Waals surface area contributed by atoms with Gasteiger partial charge >= 0.3 is 0 Å². The van der Waals surface area contributed by atoms with Crippen LogP contribution in [-0.2, 0) is 22.4 Å². The number of amides is 1. The van der Waals surface area contributed by atoms with E-state index in [4.69, 9.17) is 11.6 Å². The van der Waals surface area contributed by atoms with Gasteiger partial charge in [-0.25, -0.2) is 4.39 Å². The van der Waals surface area contributed by atoms with Gasteiger partial charge in [0.05, 0.1) is 16.8 Å². The quantitative estimate of drug-likeness (QED) is 0.229. The molecule has 1 atom stereocenters. The number of carbonyl (C=O) groups is 3. The Bertz CT molecular complexity index is 1580. The Morgan fingerprint density at radius 2 is 1.85 bits per heavy atom. The van der Waals surface area contributed by atoms with Crippen molar-refractivity contribution in [3.63, 3.8) is 0 Å². The molecule has 39 heavy (non-hydrogen) atoms. The third-order valence-electron chi connectivity index (χ3n) is 5.84. The van der Waals surface area contributed by atoms with Crippen LogP contribution in [0.3, 0.4) is 0 Å². The number of halogens is 2. The van der Waals surface area contributed by atoms with Crippen LogP contribution in [0.15, 0.2) is 71.9 Å². The summed E-state index contributed by atoms with van der Waals surface area (Å²) in [7, 11) is 0. The number of aromatic amines is 1. The van der Waals surface area contributed by atoms with Gasteiger partial charge < -0.3 is 10.3 Å². The van der Waals surface area contributed by atoms with Crippen LogP contribution in [0.1, 0.15) is 34.0 Å². The molecule has 4 rings (SSSR count). The van der Waals surface area contributed by atoms with Crippen molar-refractivity contribution in [1.82, 2.24) is 30.5 Å². The van der Waals surface area contributed by atoms with Gasteiger partial charge in [-0.05, 0) is 46.7 Å². The minimum absolute atomic E-state index is 0.0113. The van der Waals surface area contributed by atoms with Gasteiger partial charge in [-0.1, -0.05) is 41.9 Å². The van der Waals surface area contributed by atoms with Crippen molar-refractivity contribution in [2.45, 2.75) is 25.8 Å². The summed E-state index contributed by atoms with van der Waals surface area (Å²) in [5, 5.41) is 13.3. The lowest BCUT2D eigenvalue weighted by atomic mass is 9.97. The standard InChI is InChI=1S/C27H22ClFN6O4/c1-16(36)19-5-2-17(3-6-19)13-24(37)22(12-18-4-10-25(38)30-14-18)32-26(39)11-7-20-23(35-15-31-33-34-35)9-8-21(28)27(20)29/h2-11,14-15,22H,12-13H2,1H3,(H,30,38)(H,32,39)/b11-7+/t22-/m0/s1. The Balaban J connectivity index is 1.56. The third-order valence-corrected chi connectivity index (χ3v) is 6.13. The molecule has 0 aliphatic heterocycles. The molecular weight excluding hydrogens is 527 g/mol. The number of hydrogen-bond donors (Lipinski definition) is 2. The Morgan fingerprint density at radius 1 is 1.10 bits per heavy atom. The molecule has 0 radical (unpaired) electrons. The SMILES string of the molecule is CC(=O)c1ccc(CC(=O)[C@H](Cc2ccc(=O)[nH]c2)NC(=O)/C=C/c2c(-n3cnnn3)ccc(Cl)c2F)cc1. The number of benzene rings is 2. The second kappa shape index (κ2) is 12.2. The van der Waals surface area contributed by atoms with E-state index in [0.717, 1.165) is 6.08 Å². The van der Waals surface area contributed by atoms with Gasteiger partial charge in [0, 0.05) is 42.3 Å². The van der Waals surface area contributed by atoms with Crippen molar-refractivity contribution >= 4 is 35.2 Å². The van der Waals surface area contributed by atoms with E-state index in [9.17, 15) is 23.6 Å². The molecule has 1 amide bonds. The summed E-state index contributed by atoms with van der Waals surface area (Å²) in [5.41, 5.74) is 1.71. The minimum atomic E-state index is -0.969. The lowest BCUT2D eigenvalue weighted by Crippen LogP contribution is -2.42. The predicted molar refractivity (Wildman–Crippen MR) is 141 cm³/mol. The summed E-state index contributed by atoms with van der Waals surface area (Å²) < 4.78 is 16.1. The van der Waals surface area contributed by atoms with Crippen LogP contribution in [0, 0.1) is 5.82 Å². The molecule has 0 saturated heterocycles. The summed E-state index contributed by atoms with van der Waals surface area (Å²) >= 11 is 5.93. The van der Waals surface area contributed by atoms with Crippen LogP contribution in [0.4, 0.5) is 4.39 Å². The summed E-state index contributed by atoms with van der Waals surface area (Å²) in [6, 6.07) is 11.4. The van der Waals surface area contributed by atoms with Crippen molar-refractivity contribution in [3.05, 3.63) is 111 Å². The molecule has 0 spiro atoms. The second-order valence-corrected chi connectivity index (χ2v) is 9.01. The molecule has 2 heterocycles. The first-order valence-corrected chi connectivity index (χ1v) is 12.1.